The smallest absolute Gasteiger partial charge is 0.220 e. The van der Waals surface area contributed by atoms with E-state index in [4.69, 9.17) is 0 Å². The van der Waals surface area contributed by atoms with E-state index >= 15 is 0 Å². The molecule has 0 aliphatic heterocycles. The van der Waals surface area contributed by atoms with Gasteiger partial charge < -0.3 is 10.6 Å². The van der Waals surface area contributed by atoms with Gasteiger partial charge in [-0.1, -0.05) is 56.0 Å². The molecule has 3 nitrogen and oxygen atoms in total. The summed E-state index contributed by atoms with van der Waals surface area (Å²) in [7, 11) is 1.92. The highest BCUT2D eigenvalue weighted by Gasteiger charge is 2.32. The summed E-state index contributed by atoms with van der Waals surface area (Å²) < 4.78 is 0. The molecule has 1 fully saturated rings. The van der Waals surface area contributed by atoms with E-state index in [0.29, 0.717) is 6.42 Å². The fourth-order valence-electron chi connectivity index (χ4n) is 3.55. The molecule has 1 aliphatic carbocycles. The topological polar surface area (TPSA) is 41.1 Å². The third kappa shape index (κ3) is 4.84. The Morgan fingerprint density at radius 2 is 1.77 bits per heavy atom. The highest BCUT2D eigenvalue weighted by Crippen LogP contribution is 2.37. The van der Waals surface area contributed by atoms with Crippen LogP contribution in [0.25, 0.3) is 0 Å². The molecule has 0 bridgehead atoms. The van der Waals surface area contributed by atoms with Crippen molar-refractivity contribution in [1.29, 1.82) is 0 Å². The second-order valence-corrected chi connectivity index (χ2v) is 6.54. The van der Waals surface area contributed by atoms with Crippen LogP contribution in [0.4, 0.5) is 0 Å². The third-order valence-corrected chi connectivity index (χ3v) is 4.90. The molecule has 2 rings (SSSR count). The molecule has 1 saturated carbocycles. The fourth-order valence-corrected chi connectivity index (χ4v) is 3.55. The number of carbonyl (C=O) groups excluding carboxylic acids is 1. The van der Waals surface area contributed by atoms with Crippen molar-refractivity contribution >= 4 is 5.91 Å². The molecule has 22 heavy (non-hydrogen) atoms. The molecule has 2 N–H and O–H groups in total. The molecular weight excluding hydrogens is 272 g/mol. The Kier molecular flexibility index (Phi) is 6.91. The maximum Gasteiger partial charge on any atom is 0.220 e. The van der Waals surface area contributed by atoms with Crippen LogP contribution in [-0.2, 0) is 10.2 Å². The molecule has 0 aromatic heterocycles. The average Bonchev–Trinajstić information content (AvgIpc) is 2.81. The van der Waals surface area contributed by atoms with Crippen LogP contribution in [-0.4, -0.2) is 26.0 Å². The minimum Gasteiger partial charge on any atom is -0.355 e. The van der Waals surface area contributed by atoms with Gasteiger partial charge in [0.25, 0.3) is 0 Å². The molecular formula is C19H30N2O. The molecule has 0 atom stereocenters. The van der Waals surface area contributed by atoms with E-state index in [1.54, 1.807) is 0 Å². The second kappa shape index (κ2) is 8.94. The lowest BCUT2D eigenvalue weighted by Crippen LogP contribution is -2.40. The lowest BCUT2D eigenvalue weighted by Gasteiger charge is -2.34. The summed E-state index contributed by atoms with van der Waals surface area (Å²) in [6, 6.07) is 10.8. The van der Waals surface area contributed by atoms with E-state index in [-0.39, 0.29) is 11.3 Å². The van der Waals surface area contributed by atoms with Gasteiger partial charge in [-0.25, -0.2) is 0 Å². The van der Waals surface area contributed by atoms with Gasteiger partial charge in [0.15, 0.2) is 0 Å². The maximum absolute atomic E-state index is 12.1. The highest BCUT2D eigenvalue weighted by atomic mass is 16.1. The molecule has 0 unspecified atom stereocenters. The number of hydrogen-bond donors (Lipinski definition) is 2. The van der Waals surface area contributed by atoms with Gasteiger partial charge in [0.2, 0.25) is 5.91 Å². The maximum atomic E-state index is 12.1. The molecule has 3 heteroatoms. The van der Waals surface area contributed by atoms with Gasteiger partial charge in [0, 0.05) is 18.4 Å². The summed E-state index contributed by atoms with van der Waals surface area (Å²) in [5.41, 5.74) is 1.53. The van der Waals surface area contributed by atoms with Crippen molar-refractivity contribution in [2.24, 2.45) is 0 Å². The molecule has 1 aromatic rings. The minimum absolute atomic E-state index is 0.135. The molecule has 1 aromatic carbocycles. The van der Waals surface area contributed by atoms with Crippen LogP contribution in [0.2, 0.25) is 0 Å². The summed E-state index contributed by atoms with van der Waals surface area (Å²) in [5, 5.41) is 6.30. The predicted molar refractivity (Wildman–Crippen MR) is 92.0 cm³/mol. The van der Waals surface area contributed by atoms with Crippen LogP contribution in [0.1, 0.15) is 56.9 Å². The van der Waals surface area contributed by atoms with Gasteiger partial charge in [-0.05, 0) is 38.4 Å². The van der Waals surface area contributed by atoms with Crippen molar-refractivity contribution < 1.29 is 4.79 Å². The van der Waals surface area contributed by atoms with E-state index in [0.717, 1.165) is 19.5 Å². The quantitative estimate of drug-likeness (QED) is 0.599. The van der Waals surface area contributed by atoms with Crippen molar-refractivity contribution in [1.82, 2.24) is 10.6 Å². The van der Waals surface area contributed by atoms with Crippen molar-refractivity contribution in [3.05, 3.63) is 35.9 Å². The molecule has 0 saturated heterocycles. The van der Waals surface area contributed by atoms with Crippen LogP contribution in [0, 0.1) is 0 Å². The molecule has 122 valence electrons. The van der Waals surface area contributed by atoms with Crippen LogP contribution in [0.3, 0.4) is 0 Å². The highest BCUT2D eigenvalue weighted by molar-refractivity contribution is 5.76. The second-order valence-electron chi connectivity index (χ2n) is 6.54. The summed E-state index contributed by atoms with van der Waals surface area (Å²) in [6.07, 6.45) is 9.08. The SMILES string of the molecule is CNCCCC(=O)NCC1(c2ccccc2)CCCCCC1. The van der Waals surface area contributed by atoms with E-state index in [2.05, 4.69) is 41.0 Å². The summed E-state index contributed by atoms with van der Waals surface area (Å²) >= 11 is 0. The Labute approximate surface area is 134 Å². The first-order valence-corrected chi connectivity index (χ1v) is 8.74. The molecule has 1 amide bonds. The molecule has 0 heterocycles. The van der Waals surface area contributed by atoms with E-state index in [1.165, 1.54) is 44.1 Å². The van der Waals surface area contributed by atoms with Gasteiger partial charge in [-0.15, -0.1) is 0 Å². The Bertz CT molecular complexity index is 436. The third-order valence-electron chi connectivity index (χ3n) is 4.90. The zero-order valence-electron chi connectivity index (χ0n) is 13.9. The number of benzene rings is 1. The van der Waals surface area contributed by atoms with Gasteiger partial charge in [0.05, 0.1) is 0 Å². The Morgan fingerprint density at radius 1 is 1.09 bits per heavy atom. The number of amides is 1. The number of nitrogens with one attached hydrogen (secondary N) is 2. The molecule has 0 radical (unpaired) electrons. The minimum atomic E-state index is 0.135. The van der Waals surface area contributed by atoms with Crippen molar-refractivity contribution in [3.8, 4) is 0 Å². The van der Waals surface area contributed by atoms with E-state index < -0.39 is 0 Å². The zero-order valence-corrected chi connectivity index (χ0v) is 13.9. The lowest BCUT2D eigenvalue weighted by molar-refractivity contribution is -0.121. The zero-order chi connectivity index (χ0) is 15.7. The first kappa shape index (κ1) is 17.0. The lowest BCUT2D eigenvalue weighted by atomic mass is 9.74. The normalized spacial score (nSPS) is 17.7. The van der Waals surface area contributed by atoms with E-state index in [1.807, 2.05) is 7.05 Å². The van der Waals surface area contributed by atoms with Gasteiger partial charge >= 0.3 is 0 Å². The number of rotatable bonds is 7. The molecule has 0 spiro atoms. The first-order valence-electron chi connectivity index (χ1n) is 8.74. The predicted octanol–water partition coefficient (Wildman–Crippen LogP) is 3.39. The summed E-state index contributed by atoms with van der Waals surface area (Å²) in [6.45, 7) is 1.69. The van der Waals surface area contributed by atoms with E-state index in [9.17, 15) is 4.79 Å². The fraction of sp³-hybridized carbons (Fsp3) is 0.632. The monoisotopic (exact) mass is 302 g/mol. The van der Waals surface area contributed by atoms with Gasteiger partial charge in [0.1, 0.15) is 0 Å². The van der Waals surface area contributed by atoms with Crippen molar-refractivity contribution in [2.75, 3.05) is 20.1 Å². The molecule has 1 aliphatic rings. The average molecular weight is 302 g/mol. The van der Waals surface area contributed by atoms with Gasteiger partial charge in [-0.3, -0.25) is 4.79 Å². The Hall–Kier alpha value is -1.35. The standard InChI is InChI=1S/C19H30N2O/c1-20-15-9-12-18(22)21-16-19(13-7-2-3-8-14-19)17-10-5-4-6-11-17/h4-6,10-11,20H,2-3,7-9,12-16H2,1H3,(H,21,22). The Balaban J connectivity index is 2.00. The largest absolute Gasteiger partial charge is 0.355 e. The van der Waals surface area contributed by atoms with Crippen LogP contribution in [0.15, 0.2) is 30.3 Å². The van der Waals surface area contributed by atoms with Crippen molar-refractivity contribution in [3.63, 3.8) is 0 Å². The first-order chi connectivity index (χ1) is 10.8. The van der Waals surface area contributed by atoms with Crippen LogP contribution < -0.4 is 10.6 Å². The number of carbonyl (C=O) groups is 1. The van der Waals surface area contributed by atoms with Crippen LogP contribution in [0.5, 0.6) is 0 Å². The summed E-state index contributed by atoms with van der Waals surface area (Å²) in [5.74, 6) is 0.190. The van der Waals surface area contributed by atoms with Crippen molar-refractivity contribution in [2.45, 2.75) is 56.8 Å². The van der Waals surface area contributed by atoms with Gasteiger partial charge in [-0.2, -0.15) is 0 Å². The summed E-state index contributed by atoms with van der Waals surface area (Å²) in [4.78, 5) is 12.1. The Morgan fingerprint density at radius 3 is 2.41 bits per heavy atom. The number of hydrogen-bond acceptors (Lipinski definition) is 2. The van der Waals surface area contributed by atoms with Crippen LogP contribution >= 0.6 is 0 Å².